The molecule has 3 aliphatic heterocycles. The van der Waals surface area contributed by atoms with Crippen LogP contribution in [0, 0.1) is 0 Å². The Balaban J connectivity index is 1.49. The van der Waals surface area contributed by atoms with Crippen molar-refractivity contribution in [2.75, 3.05) is 7.11 Å². The summed E-state index contributed by atoms with van der Waals surface area (Å²) in [5.74, 6) is -1.22. The summed E-state index contributed by atoms with van der Waals surface area (Å²) in [7, 11) is 1.32. The molecule has 1 aromatic rings. The summed E-state index contributed by atoms with van der Waals surface area (Å²) in [6, 6.07) is 9.84. The third-order valence-electron chi connectivity index (χ3n) is 4.76. The molecule has 0 aromatic heterocycles. The number of esters is 1. The summed E-state index contributed by atoms with van der Waals surface area (Å²) in [6.07, 6.45) is -2.39. The van der Waals surface area contributed by atoms with Gasteiger partial charge in [-0.3, -0.25) is 0 Å². The molecule has 0 aliphatic carbocycles. The Morgan fingerprint density at radius 3 is 2.78 bits per heavy atom. The van der Waals surface area contributed by atoms with Gasteiger partial charge in [0.2, 0.25) is 6.10 Å². The molecule has 0 radical (unpaired) electrons. The topological polar surface area (TPSA) is 84.8 Å². The van der Waals surface area contributed by atoms with Crippen molar-refractivity contribution in [3.05, 3.63) is 35.9 Å². The van der Waals surface area contributed by atoms with E-state index in [9.17, 15) is 4.79 Å². The second-order valence-electron chi connectivity index (χ2n) is 7.19. The van der Waals surface area contributed by atoms with Crippen LogP contribution in [0.2, 0.25) is 0 Å². The van der Waals surface area contributed by atoms with Crippen LogP contribution in [-0.2, 0) is 39.9 Å². The van der Waals surface area contributed by atoms with Crippen LogP contribution in [-0.4, -0.2) is 55.3 Å². The molecular weight excluding hydrogens is 354 g/mol. The van der Waals surface area contributed by atoms with Crippen LogP contribution in [0.15, 0.2) is 35.5 Å². The van der Waals surface area contributed by atoms with Crippen molar-refractivity contribution >= 4 is 11.7 Å². The van der Waals surface area contributed by atoms with Crippen LogP contribution in [0.4, 0.5) is 0 Å². The van der Waals surface area contributed by atoms with E-state index in [1.807, 2.05) is 44.2 Å². The minimum absolute atomic E-state index is 0.283. The molecule has 5 atom stereocenters. The minimum atomic E-state index is -0.762. The molecule has 0 saturated carbocycles. The number of carbonyl (C=O) groups excluding carboxylic acids is 1. The second kappa shape index (κ2) is 7.20. The van der Waals surface area contributed by atoms with Crippen LogP contribution < -0.4 is 0 Å². The summed E-state index contributed by atoms with van der Waals surface area (Å²) in [6.45, 7) is 4.07. The van der Waals surface area contributed by atoms with Gasteiger partial charge in [-0.1, -0.05) is 35.5 Å². The molecule has 146 valence electrons. The van der Waals surface area contributed by atoms with Gasteiger partial charge in [-0.05, 0) is 19.4 Å². The molecule has 1 aromatic carbocycles. The molecular formula is C19H23NO7. The normalized spacial score (nSPS) is 34.0. The van der Waals surface area contributed by atoms with Crippen molar-refractivity contribution in [1.29, 1.82) is 0 Å². The van der Waals surface area contributed by atoms with Crippen LogP contribution in [0.25, 0.3) is 0 Å². The number of carbonyl (C=O) groups is 1. The molecule has 2 fully saturated rings. The van der Waals surface area contributed by atoms with E-state index in [0.29, 0.717) is 12.3 Å². The number of nitrogens with zero attached hydrogens (tertiary/aromatic N) is 1. The lowest BCUT2D eigenvalue weighted by Crippen LogP contribution is -2.41. The predicted octanol–water partition coefficient (Wildman–Crippen LogP) is 1.77. The molecule has 2 saturated heterocycles. The Bertz CT molecular complexity index is 720. The summed E-state index contributed by atoms with van der Waals surface area (Å²) in [5.41, 5.74) is 1.62. The van der Waals surface area contributed by atoms with Gasteiger partial charge in [0.05, 0.1) is 19.4 Å². The number of hydrogen-bond donors (Lipinski definition) is 0. The summed E-state index contributed by atoms with van der Waals surface area (Å²) in [4.78, 5) is 16.9. The second-order valence-corrected chi connectivity index (χ2v) is 7.19. The highest BCUT2D eigenvalue weighted by molar-refractivity contribution is 5.94. The van der Waals surface area contributed by atoms with Crippen molar-refractivity contribution in [2.24, 2.45) is 5.16 Å². The molecule has 0 N–H and O–H groups in total. The van der Waals surface area contributed by atoms with Gasteiger partial charge >= 0.3 is 5.97 Å². The number of oxime groups is 1. The fourth-order valence-electron chi connectivity index (χ4n) is 3.52. The Morgan fingerprint density at radius 1 is 1.26 bits per heavy atom. The monoisotopic (exact) mass is 377 g/mol. The highest BCUT2D eigenvalue weighted by atomic mass is 16.8. The Kier molecular flexibility index (Phi) is 4.90. The lowest BCUT2D eigenvalue weighted by atomic mass is 10.0. The van der Waals surface area contributed by atoms with E-state index < -0.39 is 42.5 Å². The van der Waals surface area contributed by atoms with Gasteiger partial charge in [0.15, 0.2) is 12.1 Å². The molecule has 3 heterocycles. The van der Waals surface area contributed by atoms with Crippen molar-refractivity contribution < 1.29 is 33.3 Å². The summed E-state index contributed by atoms with van der Waals surface area (Å²) >= 11 is 0. The first-order valence-electron chi connectivity index (χ1n) is 8.94. The molecule has 27 heavy (non-hydrogen) atoms. The largest absolute Gasteiger partial charge is 0.466 e. The van der Waals surface area contributed by atoms with E-state index in [1.165, 1.54) is 7.11 Å². The van der Waals surface area contributed by atoms with Crippen molar-refractivity contribution in [1.82, 2.24) is 0 Å². The molecule has 4 rings (SSSR count). The van der Waals surface area contributed by atoms with Crippen LogP contribution in [0.1, 0.15) is 25.8 Å². The molecule has 0 unspecified atom stereocenters. The van der Waals surface area contributed by atoms with Crippen molar-refractivity contribution in [3.63, 3.8) is 0 Å². The fourth-order valence-corrected chi connectivity index (χ4v) is 3.52. The van der Waals surface area contributed by atoms with E-state index in [-0.39, 0.29) is 6.42 Å². The molecule has 0 spiro atoms. The highest BCUT2D eigenvalue weighted by Crippen LogP contribution is 2.40. The standard InChI is InChI=1S/C19H23NO7/c1-19(2)25-16-15(23-10-11-7-5-4-6-8-11)14(24-18(16)26-19)12-9-13(27-20-12)17(21)22-3/h4-8,13-16,18H,9-10H2,1-3H3/t13-,14+,15-,16+,18+/m0/s1. The number of ether oxygens (including phenoxy) is 5. The smallest absolute Gasteiger partial charge is 0.350 e. The number of fused-ring (bicyclic) bond motifs is 1. The van der Waals surface area contributed by atoms with Crippen LogP contribution >= 0.6 is 0 Å². The SMILES string of the molecule is COC(=O)[C@@H]1CC([C@H]2O[C@@H]3OC(C)(C)O[C@@H]3[C@H]2OCc2ccccc2)=NO1. The van der Waals surface area contributed by atoms with Gasteiger partial charge in [0, 0.05) is 6.42 Å². The highest BCUT2D eigenvalue weighted by Gasteiger charge is 2.57. The Labute approximate surface area is 157 Å². The molecule has 8 nitrogen and oxygen atoms in total. The van der Waals surface area contributed by atoms with Gasteiger partial charge < -0.3 is 28.5 Å². The maximum absolute atomic E-state index is 11.7. The first-order valence-corrected chi connectivity index (χ1v) is 8.94. The van der Waals surface area contributed by atoms with E-state index in [4.69, 9.17) is 28.5 Å². The van der Waals surface area contributed by atoms with Crippen molar-refractivity contribution in [3.8, 4) is 0 Å². The van der Waals surface area contributed by atoms with E-state index >= 15 is 0 Å². The Morgan fingerprint density at radius 2 is 2.04 bits per heavy atom. The number of rotatable bonds is 5. The first kappa shape index (κ1) is 18.4. The van der Waals surface area contributed by atoms with Gasteiger partial charge in [-0.15, -0.1) is 0 Å². The fraction of sp³-hybridized carbons (Fsp3) is 0.579. The lowest BCUT2D eigenvalue weighted by Gasteiger charge is -2.25. The van der Waals surface area contributed by atoms with E-state index in [1.54, 1.807) is 0 Å². The average Bonchev–Trinajstić information content (AvgIpc) is 3.32. The summed E-state index contributed by atoms with van der Waals surface area (Å²) < 4.78 is 28.7. The number of benzene rings is 1. The Hall–Kier alpha value is -2.00. The lowest BCUT2D eigenvalue weighted by molar-refractivity contribution is -0.210. The van der Waals surface area contributed by atoms with Crippen molar-refractivity contribution in [2.45, 2.75) is 63.4 Å². The predicted molar refractivity (Wildman–Crippen MR) is 92.7 cm³/mol. The van der Waals surface area contributed by atoms with E-state index in [0.717, 1.165) is 5.56 Å². The van der Waals surface area contributed by atoms with Crippen LogP contribution in [0.5, 0.6) is 0 Å². The zero-order valence-electron chi connectivity index (χ0n) is 15.5. The van der Waals surface area contributed by atoms with E-state index in [2.05, 4.69) is 5.16 Å². The van der Waals surface area contributed by atoms with Gasteiger partial charge in [0.25, 0.3) is 0 Å². The maximum Gasteiger partial charge on any atom is 0.350 e. The van der Waals surface area contributed by atoms with Gasteiger partial charge in [0.1, 0.15) is 18.3 Å². The third kappa shape index (κ3) is 3.70. The van der Waals surface area contributed by atoms with Crippen LogP contribution in [0.3, 0.4) is 0 Å². The van der Waals surface area contributed by atoms with Gasteiger partial charge in [-0.25, -0.2) is 4.79 Å². The molecule has 0 amide bonds. The minimum Gasteiger partial charge on any atom is -0.466 e. The number of methoxy groups -OCH3 is 1. The molecule has 8 heteroatoms. The molecule has 0 bridgehead atoms. The third-order valence-corrected chi connectivity index (χ3v) is 4.76. The average molecular weight is 377 g/mol. The molecule has 3 aliphatic rings. The quantitative estimate of drug-likeness (QED) is 0.723. The van der Waals surface area contributed by atoms with Gasteiger partial charge in [-0.2, -0.15) is 0 Å². The number of hydrogen-bond acceptors (Lipinski definition) is 8. The maximum atomic E-state index is 11.7. The summed E-state index contributed by atoms with van der Waals surface area (Å²) in [5, 5.41) is 4.04. The zero-order valence-corrected chi connectivity index (χ0v) is 15.5. The zero-order chi connectivity index (χ0) is 19.0. The first-order chi connectivity index (χ1) is 13.0.